The monoisotopic (exact) mass is 225 g/mol. The molecule has 1 aromatic heterocycles. The number of aromatic nitrogens is 2. The van der Waals surface area contributed by atoms with Gasteiger partial charge in [-0.3, -0.25) is 0 Å². The van der Waals surface area contributed by atoms with Crippen molar-refractivity contribution in [2.45, 2.75) is 64.8 Å². The van der Waals surface area contributed by atoms with Gasteiger partial charge in [0.1, 0.15) is 0 Å². The maximum atomic E-state index is 5.64. The lowest BCUT2D eigenvalue weighted by molar-refractivity contribution is 0.420. The van der Waals surface area contributed by atoms with Crippen molar-refractivity contribution in [3.63, 3.8) is 0 Å². The molecule has 92 valence electrons. The fourth-order valence-electron chi connectivity index (χ4n) is 1.61. The lowest BCUT2D eigenvalue weighted by Gasteiger charge is -1.98. The normalized spacial score (nSPS) is 12.9. The number of nitrogens with two attached hydrogens (primary N) is 1. The summed E-state index contributed by atoms with van der Waals surface area (Å²) >= 11 is 0. The first-order valence-electron chi connectivity index (χ1n) is 6.32. The Kier molecular flexibility index (Phi) is 6.08. The first-order valence-corrected chi connectivity index (χ1v) is 6.32. The number of aryl methyl sites for hydroxylation is 1. The van der Waals surface area contributed by atoms with Crippen LogP contribution in [-0.2, 0) is 6.42 Å². The van der Waals surface area contributed by atoms with Crippen LogP contribution < -0.4 is 5.73 Å². The number of hydrogen-bond acceptors (Lipinski definition) is 4. The van der Waals surface area contributed by atoms with Gasteiger partial charge in [0.15, 0.2) is 0 Å². The fraction of sp³-hybridized carbons (Fsp3) is 0.833. The van der Waals surface area contributed by atoms with Crippen molar-refractivity contribution in [2.24, 2.45) is 5.73 Å². The number of unbranched alkanes of at least 4 members (excludes halogenated alkanes) is 5. The molecule has 1 heterocycles. The van der Waals surface area contributed by atoms with E-state index in [0.717, 1.165) is 18.7 Å². The second-order valence-electron chi connectivity index (χ2n) is 4.34. The molecule has 0 aliphatic carbocycles. The van der Waals surface area contributed by atoms with Crippen LogP contribution in [0.2, 0.25) is 0 Å². The lowest BCUT2D eigenvalue weighted by atomic mass is 10.1. The average molecular weight is 225 g/mol. The molecule has 0 spiro atoms. The van der Waals surface area contributed by atoms with Gasteiger partial charge in [-0.15, -0.1) is 10.2 Å². The molecule has 1 aromatic rings. The standard InChI is InChI=1S/C12H23N3O/c1-3-4-5-6-7-8-9-11-14-15-12(16-11)10(2)13/h10H,3-9,13H2,1-2H3. The summed E-state index contributed by atoms with van der Waals surface area (Å²) in [5.74, 6) is 1.27. The summed E-state index contributed by atoms with van der Waals surface area (Å²) in [6, 6.07) is -0.161. The highest BCUT2D eigenvalue weighted by atomic mass is 16.4. The molecule has 0 aliphatic rings. The van der Waals surface area contributed by atoms with Crippen molar-refractivity contribution in [1.82, 2.24) is 10.2 Å². The molecule has 0 amide bonds. The summed E-state index contributed by atoms with van der Waals surface area (Å²) in [5.41, 5.74) is 5.64. The molecule has 0 radical (unpaired) electrons. The summed E-state index contributed by atoms with van der Waals surface area (Å²) in [6.07, 6.45) is 8.54. The van der Waals surface area contributed by atoms with E-state index in [4.69, 9.17) is 10.2 Å². The zero-order chi connectivity index (χ0) is 11.8. The lowest BCUT2D eigenvalue weighted by Crippen LogP contribution is -2.04. The van der Waals surface area contributed by atoms with Crippen LogP contribution in [0.5, 0.6) is 0 Å². The van der Waals surface area contributed by atoms with E-state index in [0.29, 0.717) is 5.89 Å². The first kappa shape index (κ1) is 13.2. The third kappa shape index (κ3) is 4.75. The van der Waals surface area contributed by atoms with E-state index in [-0.39, 0.29) is 6.04 Å². The molecule has 16 heavy (non-hydrogen) atoms. The Morgan fingerprint density at radius 1 is 1.12 bits per heavy atom. The minimum atomic E-state index is -0.161. The van der Waals surface area contributed by atoms with Crippen LogP contribution in [0, 0.1) is 0 Å². The Balaban J connectivity index is 2.12. The molecule has 0 saturated carbocycles. The van der Waals surface area contributed by atoms with Gasteiger partial charge in [-0.05, 0) is 13.3 Å². The summed E-state index contributed by atoms with van der Waals surface area (Å²) in [4.78, 5) is 0. The summed E-state index contributed by atoms with van der Waals surface area (Å²) in [5, 5.41) is 7.88. The molecule has 4 nitrogen and oxygen atoms in total. The molecule has 4 heteroatoms. The van der Waals surface area contributed by atoms with Crippen molar-refractivity contribution in [3.05, 3.63) is 11.8 Å². The number of hydrogen-bond donors (Lipinski definition) is 1. The van der Waals surface area contributed by atoms with Crippen molar-refractivity contribution < 1.29 is 4.42 Å². The third-order valence-electron chi connectivity index (χ3n) is 2.62. The van der Waals surface area contributed by atoms with Crippen LogP contribution in [0.4, 0.5) is 0 Å². The number of nitrogens with zero attached hydrogens (tertiary/aromatic N) is 2. The Morgan fingerprint density at radius 3 is 2.44 bits per heavy atom. The Bertz CT molecular complexity index is 284. The highest BCUT2D eigenvalue weighted by molar-refractivity contribution is 4.86. The van der Waals surface area contributed by atoms with Crippen molar-refractivity contribution >= 4 is 0 Å². The van der Waals surface area contributed by atoms with Crippen LogP contribution in [0.25, 0.3) is 0 Å². The molecular weight excluding hydrogens is 202 g/mol. The maximum absolute atomic E-state index is 5.64. The largest absolute Gasteiger partial charge is 0.424 e. The van der Waals surface area contributed by atoms with Gasteiger partial charge in [0.2, 0.25) is 11.8 Å². The van der Waals surface area contributed by atoms with Gasteiger partial charge in [-0.1, -0.05) is 39.0 Å². The third-order valence-corrected chi connectivity index (χ3v) is 2.62. The van der Waals surface area contributed by atoms with E-state index in [9.17, 15) is 0 Å². The van der Waals surface area contributed by atoms with Crippen molar-refractivity contribution in [1.29, 1.82) is 0 Å². The van der Waals surface area contributed by atoms with Crippen molar-refractivity contribution in [2.75, 3.05) is 0 Å². The summed E-state index contributed by atoms with van der Waals surface area (Å²) in [7, 11) is 0. The zero-order valence-corrected chi connectivity index (χ0v) is 10.4. The second kappa shape index (κ2) is 7.39. The van der Waals surface area contributed by atoms with Gasteiger partial charge in [-0.2, -0.15) is 0 Å². The molecule has 0 bridgehead atoms. The molecule has 1 rings (SSSR count). The quantitative estimate of drug-likeness (QED) is 0.691. The highest BCUT2D eigenvalue weighted by Crippen LogP contribution is 2.11. The Morgan fingerprint density at radius 2 is 1.81 bits per heavy atom. The topological polar surface area (TPSA) is 64.9 Å². The molecule has 0 aromatic carbocycles. The predicted octanol–water partition coefficient (Wildman–Crippen LogP) is 2.99. The van der Waals surface area contributed by atoms with Crippen LogP contribution in [0.1, 0.15) is 70.2 Å². The predicted molar refractivity (Wildman–Crippen MR) is 64.0 cm³/mol. The van der Waals surface area contributed by atoms with Crippen LogP contribution in [0.3, 0.4) is 0 Å². The zero-order valence-electron chi connectivity index (χ0n) is 10.4. The molecule has 0 saturated heterocycles. The smallest absolute Gasteiger partial charge is 0.232 e. The van der Waals surface area contributed by atoms with Gasteiger partial charge >= 0.3 is 0 Å². The number of rotatable bonds is 8. The maximum Gasteiger partial charge on any atom is 0.232 e. The summed E-state index contributed by atoms with van der Waals surface area (Å²) < 4.78 is 5.43. The minimum Gasteiger partial charge on any atom is -0.424 e. The summed E-state index contributed by atoms with van der Waals surface area (Å²) in [6.45, 7) is 4.08. The van der Waals surface area contributed by atoms with Gasteiger partial charge in [0.25, 0.3) is 0 Å². The van der Waals surface area contributed by atoms with E-state index >= 15 is 0 Å². The average Bonchev–Trinajstić information content (AvgIpc) is 2.72. The van der Waals surface area contributed by atoms with E-state index < -0.39 is 0 Å². The van der Waals surface area contributed by atoms with Crippen LogP contribution >= 0.6 is 0 Å². The Hall–Kier alpha value is -0.900. The fourth-order valence-corrected chi connectivity index (χ4v) is 1.61. The van der Waals surface area contributed by atoms with E-state index in [2.05, 4.69) is 17.1 Å². The molecule has 0 fully saturated rings. The van der Waals surface area contributed by atoms with E-state index in [1.807, 2.05) is 6.92 Å². The van der Waals surface area contributed by atoms with Gasteiger partial charge in [0, 0.05) is 6.42 Å². The van der Waals surface area contributed by atoms with E-state index in [1.165, 1.54) is 32.1 Å². The molecular formula is C12H23N3O. The van der Waals surface area contributed by atoms with Crippen LogP contribution in [0.15, 0.2) is 4.42 Å². The SMILES string of the molecule is CCCCCCCCc1nnc(C(C)N)o1. The highest BCUT2D eigenvalue weighted by Gasteiger charge is 2.08. The van der Waals surface area contributed by atoms with Crippen LogP contribution in [-0.4, -0.2) is 10.2 Å². The minimum absolute atomic E-state index is 0.161. The molecule has 2 N–H and O–H groups in total. The molecule has 1 unspecified atom stereocenters. The Labute approximate surface area is 97.6 Å². The van der Waals surface area contributed by atoms with Gasteiger partial charge in [0.05, 0.1) is 6.04 Å². The molecule has 1 atom stereocenters. The van der Waals surface area contributed by atoms with Crippen molar-refractivity contribution in [3.8, 4) is 0 Å². The second-order valence-corrected chi connectivity index (χ2v) is 4.34. The van der Waals surface area contributed by atoms with Gasteiger partial charge in [-0.25, -0.2) is 0 Å². The first-order chi connectivity index (χ1) is 7.74. The molecule has 0 aliphatic heterocycles. The van der Waals surface area contributed by atoms with Gasteiger partial charge < -0.3 is 10.2 Å². The van der Waals surface area contributed by atoms with E-state index in [1.54, 1.807) is 0 Å².